The predicted octanol–water partition coefficient (Wildman–Crippen LogP) is 1.24. The minimum Gasteiger partial charge on any atom is -0.372 e. The molecule has 2 aliphatic rings. The number of fused-ring (bicyclic) bond motifs is 2. The number of morpholine rings is 1. The Bertz CT molecular complexity index is 186. The zero-order chi connectivity index (χ0) is 10.7. The van der Waals surface area contributed by atoms with E-state index >= 15 is 0 Å². The van der Waals surface area contributed by atoms with Crippen LogP contribution in [0.4, 0.5) is 0 Å². The summed E-state index contributed by atoms with van der Waals surface area (Å²) in [6.07, 6.45) is 4.85. The van der Waals surface area contributed by atoms with Crippen molar-refractivity contribution in [3.63, 3.8) is 0 Å². The van der Waals surface area contributed by atoms with Gasteiger partial charge in [0.2, 0.25) is 0 Å². The van der Waals surface area contributed by atoms with Crippen LogP contribution in [0.1, 0.15) is 33.1 Å². The number of hydrogen-bond acceptors (Lipinski definition) is 3. The highest BCUT2D eigenvalue weighted by molar-refractivity contribution is 4.88. The second kappa shape index (κ2) is 5.28. The molecule has 2 fully saturated rings. The molecule has 15 heavy (non-hydrogen) atoms. The van der Waals surface area contributed by atoms with Crippen molar-refractivity contribution in [2.24, 2.45) is 0 Å². The molecule has 0 amide bonds. The summed E-state index contributed by atoms with van der Waals surface area (Å²) in [4.78, 5) is 2.63. The van der Waals surface area contributed by atoms with Crippen LogP contribution in [-0.2, 0) is 4.74 Å². The van der Waals surface area contributed by atoms with E-state index in [2.05, 4.69) is 24.1 Å². The lowest BCUT2D eigenvalue weighted by Crippen LogP contribution is -2.51. The molecule has 0 aromatic heterocycles. The molecule has 3 atom stereocenters. The predicted molar refractivity (Wildman–Crippen MR) is 62.1 cm³/mol. The fraction of sp³-hybridized carbons (Fsp3) is 1.00. The molecule has 88 valence electrons. The van der Waals surface area contributed by atoms with Gasteiger partial charge in [0.25, 0.3) is 0 Å². The third-order valence-corrected chi connectivity index (χ3v) is 3.69. The summed E-state index contributed by atoms with van der Waals surface area (Å²) in [7, 11) is 0. The Kier molecular flexibility index (Phi) is 4.00. The highest BCUT2D eigenvalue weighted by Crippen LogP contribution is 2.27. The zero-order valence-electron chi connectivity index (χ0n) is 10.0. The topological polar surface area (TPSA) is 24.5 Å². The Balaban J connectivity index is 1.85. The summed E-state index contributed by atoms with van der Waals surface area (Å²) >= 11 is 0. The average molecular weight is 212 g/mol. The van der Waals surface area contributed by atoms with Crippen LogP contribution in [0.5, 0.6) is 0 Å². The number of hydrogen-bond donors (Lipinski definition) is 1. The van der Waals surface area contributed by atoms with Crippen molar-refractivity contribution in [2.45, 2.75) is 51.4 Å². The van der Waals surface area contributed by atoms with Gasteiger partial charge in [0.05, 0.1) is 12.2 Å². The molecular weight excluding hydrogens is 188 g/mol. The molecule has 2 bridgehead atoms. The summed E-state index contributed by atoms with van der Waals surface area (Å²) in [6, 6.07) is 0.706. The van der Waals surface area contributed by atoms with Crippen LogP contribution in [0.15, 0.2) is 0 Å². The molecular formula is C12H24N2O. The summed E-state index contributed by atoms with van der Waals surface area (Å²) in [5.74, 6) is 0. The van der Waals surface area contributed by atoms with Crippen LogP contribution in [-0.4, -0.2) is 49.3 Å². The monoisotopic (exact) mass is 212 g/mol. The lowest BCUT2D eigenvalue weighted by Gasteiger charge is -2.37. The molecule has 3 unspecified atom stereocenters. The maximum atomic E-state index is 5.86. The van der Waals surface area contributed by atoms with Gasteiger partial charge in [-0.25, -0.2) is 0 Å². The maximum Gasteiger partial charge on any atom is 0.0707 e. The third kappa shape index (κ3) is 2.71. The second-order valence-electron chi connectivity index (χ2n) is 4.78. The first-order valence-corrected chi connectivity index (χ1v) is 6.43. The van der Waals surface area contributed by atoms with Gasteiger partial charge in [0, 0.05) is 25.7 Å². The summed E-state index contributed by atoms with van der Waals surface area (Å²) in [5, 5.41) is 3.46. The minimum absolute atomic E-state index is 0.527. The van der Waals surface area contributed by atoms with Gasteiger partial charge < -0.3 is 10.1 Å². The molecule has 0 saturated carbocycles. The average Bonchev–Trinajstić information content (AvgIpc) is 2.59. The van der Waals surface area contributed by atoms with Crippen molar-refractivity contribution >= 4 is 0 Å². The van der Waals surface area contributed by atoms with Gasteiger partial charge in [0.15, 0.2) is 0 Å². The Morgan fingerprint density at radius 2 is 1.93 bits per heavy atom. The van der Waals surface area contributed by atoms with Gasteiger partial charge in [-0.1, -0.05) is 13.8 Å². The first-order valence-electron chi connectivity index (χ1n) is 6.43. The summed E-state index contributed by atoms with van der Waals surface area (Å²) in [5.41, 5.74) is 0. The van der Waals surface area contributed by atoms with Gasteiger partial charge in [-0.05, 0) is 25.8 Å². The van der Waals surface area contributed by atoms with E-state index in [0.29, 0.717) is 18.2 Å². The molecule has 0 aromatic rings. The van der Waals surface area contributed by atoms with Crippen molar-refractivity contribution in [3.8, 4) is 0 Å². The highest BCUT2D eigenvalue weighted by Gasteiger charge is 2.35. The second-order valence-corrected chi connectivity index (χ2v) is 4.78. The van der Waals surface area contributed by atoms with Crippen molar-refractivity contribution in [1.29, 1.82) is 0 Å². The van der Waals surface area contributed by atoms with Crippen LogP contribution >= 0.6 is 0 Å². The zero-order valence-corrected chi connectivity index (χ0v) is 10.0. The molecule has 3 nitrogen and oxygen atoms in total. The molecule has 2 aliphatic heterocycles. The van der Waals surface area contributed by atoms with Crippen LogP contribution in [0, 0.1) is 0 Å². The standard InChI is InChI=1S/C12H24N2O/c1-3-10(7-13-4-2)14-8-11-5-6-12(9-14)15-11/h10-13H,3-9H2,1-2H3. The largest absolute Gasteiger partial charge is 0.372 e. The van der Waals surface area contributed by atoms with Gasteiger partial charge in [0.1, 0.15) is 0 Å². The normalized spacial score (nSPS) is 33.2. The molecule has 2 saturated heterocycles. The first-order chi connectivity index (χ1) is 7.33. The third-order valence-electron chi connectivity index (χ3n) is 3.69. The molecule has 0 aromatic carbocycles. The molecule has 3 heteroatoms. The lowest BCUT2D eigenvalue weighted by atomic mass is 10.1. The van der Waals surface area contributed by atoms with Crippen LogP contribution in [0.3, 0.4) is 0 Å². The Morgan fingerprint density at radius 3 is 2.47 bits per heavy atom. The molecule has 2 heterocycles. The van der Waals surface area contributed by atoms with E-state index in [1.54, 1.807) is 0 Å². The Morgan fingerprint density at radius 1 is 1.27 bits per heavy atom. The summed E-state index contributed by atoms with van der Waals surface area (Å²) in [6.45, 7) is 8.98. The maximum absolute atomic E-state index is 5.86. The summed E-state index contributed by atoms with van der Waals surface area (Å²) < 4.78 is 5.86. The lowest BCUT2D eigenvalue weighted by molar-refractivity contribution is -0.0528. The van der Waals surface area contributed by atoms with Crippen molar-refractivity contribution in [3.05, 3.63) is 0 Å². The van der Waals surface area contributed by atoms with E-state index < -0.39 is 0 Å². The quantitative estimate of drug-likeness (QED) is 0.742. The highest BCUT2D eigenvalue weighted by atomic mass is 16.5. The van der Waals surface area contributed by atoms with E-state index in [9.17, 15) is 0 Å². The van der Waals surface area contributed by atoms with Crippen molar-refractivity contribution in [2.75, 3.05) is 26.2 Å². The van der Waals surface area contributed by atoms with E-state index in [1.165, 1.54) is 19.3 Å². The molecule has 0 aliphatic carbocycles. The SMILES string of the molecule is CCNCC(CC)N1CC2CCC(C1)O2. The Hall–Kier alpha value is -0.120. The smallest absolute Gasteiger partial charge is 0.0707 e. The van der Waals surface area contributed by atoms with Gasteiger partial charge in [-0.3, -0.25) is 4.90 Å². The number of nitrogens with zero attached hydrogens (tertiary/aromatic N) is 1. The molecule has 0 radical (unpaired) electrons. The van der Waals surface area contributed by atoms with Crippen molar-refractivity contribution < 1.29 is 4.74 Å². The van der Waals surface area contributed by atoms with Gasteiger partial charge >= 0.3 is 0 Å². The van der Waals surface area contributed by atoms with Crippen LogP contribution in [0.25, 0.3) is 0 Å². The number of nitrogens with one attached hydrogen (secondary N) is 1. The molecule has 2 rings (SSSR count). The fourth-order valence-electron chi connectivity index (χ4n) is 2.79. The van der Waals surface area contributed by atoms with E-state index in [0.717, 1.165) is 26.2 Å². The van der Waals surface area contributed by atoms with Crippen LogP contribution < -0.4 is 5.32 Å². The number of likely N-dealkylation sites (N-methyl/N-ethyl adjacent to an activating group) is 1. The number of ether oxygens (including phenoxy) is 1. The number of rotatable bonds is 5. The Labute approximate surface area is 93.2 Å². The van der Waals surface area contributed by atoms with Gasteiger partial charge in [-0.2, -0.15) is 0 Å². The first kappa shape index (κ1) is 11.4. The van der Waals surface area contributed by atoms with E-state index in [-0.39, 0.29) is 0 Å². The molecule has 1 N–H and O–H groups in total. The van der Waals surface area contributed by atoms with Crippen LogP contribution in [0.2, 0.25) is 0 Å². The van der Waals surface area contributed by atoms with E-state index in [4.69, 9.17) is 4.74 Å². The fourth-order valence-corrected chi connectivity index (χ4v) is 2.79. The number of likely N-dealkylation sites (tertiary alicyclic amines) is 1. The van der Waals surface area contributed by atoms with E-state index in [1.807, 2.05) is 0 Å². The van der Waals surface area contributed by atoms with Gasteiger partial charge in [-0.15, -0.1) is 0 Å². The molecule has 0 spiro atoms. The minimum atomic E-state index is 0.527. The van der Waals surface area contributed by atoms with Crippen molar-refractivity contribution in [1.82, 2.24) is 10.2 Å².